The number of aromatic nitrogens is 1. The molecule has 4 nitrogen and oxygen atoms in total. The van der Waals surface area contributed by atoms with Crippen LogP contribution < -0.4 is 10.6 Å². The van der Waals surface area contributed by atoms with Crippen LogP contribution in [0.25, 0.3) is 0 Å². The van der Waals surface area contributed by atoms with E-state index in [0.29, 0.717) is 17.4 Å². The largest absolute Gasteiger partial charge is 0.384 e. The van der Waals surface area contributed by atoms with Gasteiger partial charge in [0.25, 0.3) is 5.91 Å². The van der Waals surface area contributed by atoms with E-state index in [2.05, 4.69) is 4.98 Å². The first-order valence-corrected chi connectivity index (χ1v) is 6.36. The fourth-order valence-corrected chi connectivity index (χ4v) is 2.47. The number of fused-ring (bicyclic) bond motifs is 1. The van der Waals surface area contributed by atoms with Gasteiger partial charge in [-0.25, -0.2) is 4.98 Å². The van der Waals surface area contributed by atoms with Crippen LogP contribution >= 0.6 is 11.6 Å². The van der Waals surface area contributed by atoms with E-state index in [1.165, 1.54) is 0 Å². The quantitative estimate of drug-likeness (QED) is 0.868. The summed E-state index contributed by atoms with van der Waals surface area (Å²) in [5.41, 5.74) is 7.91. The molecule has 0 radical (unpaired) electrons. The van der Waals surface area contributed by atoms with E-state index in [1.54, 1.807) is 17.0 Å². The molecule has 96 valence electrons. The van der Waals surface area contributed by atoms with Crippen molar-refractivity contribution in [2.45, 2.75) is 6.42 Å². The van der Waals surface area contributed by atoms with Crippen LogP contribution in [0.5, 0.6) is 0 Å². The summed E-state index contributed by atoms with van der Waals surface area (Å²) in [6.45, 7) is 0.644. The summed E-state index contributed by atoms with van der Waals surface area (Å²) in [7, 11) is 0. The Morgan fingerprint density at radius 2 is 2.05 bits per heavy atom. The van der Waals surface area contributed by atoms with Crippen molar-refractivity contribution in [2.75, 3.05) is 17.2 Å². The Hall–Kier alpha value is -2.07. The second-order valence-electron chi connectivity index (χ2n) is 4.40. The predicted molar refractivity (Wildman–Crippen MR) is 75.5 cm³/mol. The molecule has 0 aliphatic carbocycles. The minimum absolute atomic E-state index is 0.206. The average molecular weight is 274 g/mol. The number of halogens is 1. The first-order chi connectivity index (χ1) is 9.16. The Labute approximate surface area is 115 Å². The lowest BCUT2D eigenvalue weighted by Crippen LogP contribution is -2.30. The summed E-state index contributed by atoms with van der Waals surface area (Å²) in [6.07, 6.45) is 0.849. The highest BCUT2D eigenvalue weighted by Crippen LogP contribution is 2.29. The van der Waals surface area contributed by atoms with Gasteiger partial charge in [-0.2, -0.15) is 0 Å². The van der Waals surface area contributed by atoms with Gasteiger partial charge in [0.1, 0.15) is 11.5 Å². The summed E-state index contributed by atoms with van der Waals surface area (Å²) in [5, 5.41) is 0.323. The zero-order chi connectivity index (χ0) is 13.4. The van der Waals surface area contributed by atoms with Gasteiger partial charge in [0.15, 0.2) is 0 Å². The highest BCUT2D eigenvalue weighted by atomic mass is 35.5. The molecule has 0 atom stereocenters. The molecule has 0 saturated heterocycles. The normalized spacial score (nSPS) is 13.4. The van der Waals surface area contributed by atoms with Crippen LogP contribution in [0.4, 0.5) is 11.5 Å². The van der Waals surface area contributed by atoms with Crippen molar-refractivity contribution in [3.63, 3.8) is 0 Å². The van der Waals surface area contributed by atoms with Crippen molar-refractivity contribution in [3.8, 4) is 0 Å². The number of nitrogen functional groups attached to an aromatic ring is 1. The number of pyridine rings is 1. The maximum atomic E-state index is 12.5. The first-order valence-electron chi connectivity index (χ1n) is 5.98. The molecule has 1 amide bonds. The lowest BCUT2D eigenvalue weighted by molar-refractivity contribution is 0.0985. The summed E-state index contributed by atoms with van der Waals surface area (Å²) >= 11 is 6.03. The highest BCUT2D eigenvalue weighted by molar-refractivity contribution is 6.34. The molecule has 0 saturated carbocycles. The molecule has 1 aliphatic heterocycles. The molecular weight excluding hydrogens is 262 g/mol. The van der Waals surface area contributed by atoms with Gasteiger partial charge in [-0.05, 0) is 30.2 Å². The molecule has 1 aromatic heterocycles. The van der Waals surface area contributed by atoms with Crippen LogP contribution in [0, 0.1) is 0 Å². The number of para-hydroxylation sites is 1. The molecule has 2 N–H and O–H groups in total. The van der Waals surface area contributed by atoms with E-state index >= 15 is 0 Å². The Balaban J connectivity index is 2.00. The molecule has 5 heteroatoms. The van der Waals surface area contributed by atoms with Crippen LogP contribution in [0.2, 0.25) is 5.02 Å². The molecule has 2 aromatic rings. The monoisotopic (exact) mass is 273 g/mol. The molecule has 0 fully saturated rings. The van der Waals surface area contributed by atoms with Crippen molar-refractivity contribution in [2.24, 2.45) is 0 Å². The van der Waals surface area contributed by atoms with E-state index in [4.69, 9.17) is 17.3 Å². The summed E-state index contributed by atoms with van der Waals surface area (Å²) in [6, 6.07) is 11.0. The number of hydrogen-bond acceptors (Lipinski definition) is 3. The number of nitrogens with zero attached hydrogens (tertiary/aromatic N) is 2. The highest BCUT2D eigenvalue weighted by Gasteiger charge is 2.27. The number of hydrogen-bond donors (Lipinski definition) is 1. The third-order valence-corrected chi connectivity index (χ3v) is 3.51. The predicted octanol–water partition coefficient (Wildman–Crippen LogP) is 2.52. The van der Waals surface area contributed by atoms with Crippen molar-refractivity contribution < 1.29 is 4.79 Å². The van der Waals surface area contributed by atoms with Crippen LogP contribution in [0.3, 0.4) is 0 Å². The number of carbonyl (C=O) groups is 1. The Kier molecular flexibility index (Phi) is 2.87. The SMILES string of the molecule is Nc1ccc(Cl)c(C(=O)N2CCc3ccccc32)n1. The molecule has 0 bridgehead atoms. The van der Waals surface area contributed by atoms with Gasteiger partial charge in [0.2, 0.25) is 0 Å². The second kappa shape index (κ2) is 4.55. The minimum Gasteiger partial charge on any atom is -0.384 e. The zero-order valence-electron chi connectivity index (χ0n) is 10.1. The number of anilines is 2. The number of amides is 1. The Morgan fingerprint density at radius 1 is 1.26 bits per heavy atom. The number of benzene rings is 1. The van der Waals surface area contributed by atoms with Gasteiger partial charge in [-0.3, -0.25) is 4.79 Å². The molecule has 1 aliphatic rings. The summed E-state index contributed by atoms with van der Waals surface area (Å²) in [4.78, 5) is 18.2. The minimum atomic E-state index is -0.206. The third kappa shape index (κ3) is 2.04. The summed E-state index contributed by atoms with van der Waals surface area (Å²) in [5.74, 6) is 0.0856. The number of rotatable bonds is 1. The number of carbonyl (C=O) groups excluding carboxylic acids is 1. The lowest BCUT2D eigenvalue weighted by atomic mass is 10.2. The Morgan fingerprint density at radius 3 is 2.89 bits per heavy atom. The van der Waals surface area contributed by atoms with Crippen LogP contribution in [-0.2, 0) is 6.42 Å². The molecule has 3 rings (SSSR count). The third-order valence-electron chi connectivity index (χ3n) is 3.20. The Bertz CT molecular complexity index is 657. The molecule has 0 spiro atoms. The standard InChI is InChI=1S/C14H12ClN3O/c15-10-5-6-12(16)17-13(10)14(19)18-8-7-9-3-1-2-4-11(9)18/h1-6H,7-8H2,(H2,16,17). The van der Waals surface area contributed by atoms with E-state index in [9.17, 15) is 4.79 Å². The number of nitrogens with two attached hydrogens (primary N) is 1. The zero-order valence-corrected chi connectivity index (χ0v) is 10.9. The van der Waals surface area contributed by atoms with Crippen LogP contribution in [0.15, 0.2) is 36.4 Å². The van der Waals surface area contributed by atoms with Gasteiger partial charge >= 0.3 is 0 Å². The van der Waals surface area contributed by atoms with Gasteiger partial charge in [-0.1, -0.05) is 29.8 Å². The van der Waals surface area contributed by atoms with Gasteiger partial charge in [-0.15, -0.1) is 0 Å². The van der Waals surface area contributed by atoms with E-state index in [0.717, 1.165) is 17.7 Å². The van der Waals surface area contributed by atoms with Gasteiger partial charge < -0.3 is 10.6 Å². The smallest absolute Gasteiger partial charge is 0.278 e. The molecule has 2 heterocycles. The van der Waals surface area contributed by atoms with Crippen LogP contribution in [0.1, 0.15) is 16.1 Å². The van der Waals surface area contributed by atoms with Gasteiger partial charge in [0, 0.05) is 12.2 Å². The first kappa shape index (κ1) is 12.0. The van der Waals surface area contributed by atoms with Gasteiger partial charge in [0.05, 0.1) is 5.02 Å². The molecule has 19 heavy (non-hydrogen) atoms. The maximum Gasteiger partial charge on any atom is 0.278 e. The lowest BCUT2D eigenvalue weighted by Gasteiger charge is -2.17. The fraction of sp³-hybridized carbons (Fsp3) is 0.143. The maximum absolute atomic E-state index is 12.5. The van der Waals surface area contributed by atoms with E-state index in [-0.39, 0.29) is 11.6 Å². The van der Waals surface area contributed by atoms with Crippen molar-refractivity contribution in [3.05, 3.63) is 52.7 Å². The van der Waals surface area contributed by atoms with E-state index < -0.39 is 0 Å². The van der Waals surface area contributed by atoms with E-state index in [1.807, 2.05) is 24.3 Å². The molecule has 1 aromatic carbocycles. The van der Waals surface area contributed by atoms with Crippen molar-refractivity contribution in [1.82, 2.24) is 4.98 Å². The van der Waals surface area contributed by atoms with Crippen molar-refractivity contribution >= 4 is 29.0 Å². The van der Waals surface area contributed by atoms with Crippen LogP contribution in [-0.4, -0.2) is 17.4 Å². The average Bonchev–Trinajstić information content (AvgIpc) is 2.84. The topological polar surface area (TPSA) is 59.2 Å². The summed E-state index contributed by atoms with van der Waals surface area (Å²) < 4.78 is 0. The van der Waals surface area contributed by atoms with Crippen molar-refractivity contribution in [1.29, 1.82) is 0 Å². The molecular formula is C14H12ClN3O. The fourth-order valence-electron chi connectivity index (χ4n) is 2.28. The molecule has 0 unspecified atom stereocenters. The second-order valence-corrected chi connectivity index (χ2v) is 4.81.